The summed E-state index contributed by atoms with van der Waals surface area (Å²) in [6.45, 7) is 3.29. The lowest BCUT2D eigenvalue weighted by molar-refractivity contribution is -0.140. The third-order valence-corrected chi connectivity index (χ3v) is 5.82. The van der Waals surface area contributed by atoms with Gasteiger partial charge in [-0.25, -0.2) is 0 Å². The zero-order chi connectivity index (χ0) is 18.8. The first kappa shape index (κ1) is 17.9. The van der Waals surface area contributed by atoms with E-state index in [4.69, 9.17) is 9.47 Å². The molecule has 2 aromatic rings. The second-order valence-corrected chi connectivity index (χ2v) is 7.71. The summed E-state index contributed by atoms with van der Waals surface area (Å²) in [5.41, 5.74) is 2.26. The standard InChI is InChI=1S/C23H27NO3/c1-16(18-9-10-18)24(14-17-7-11-21(26-2)12-8-17)23(25)20-13-19-5-3-4-6-22(19)27-15-20/h3-8,11-12,16,18,20H,9-10,13-15H2,1-2H3. The van der Waals surface area contributed by atoms with Crippen molar-refractivity contribution in [1.29, 1.82) is 0 Å². The van der Waals surface area contributed by atoms with Crippen LogP contribution >= 0.6 is 0 Å². The van der Waals surface area contributed by atoms with Crippen LogP contribution in [-0.2, 0) is 17.8 Å². The van der Waals surface area contributed by atoms with Gasteiger partial charge in [-0.05, 0) is 61.4 Å². The molecular weight excluding hydrogens is 338 g/mol. The number of ether oxygens (including phenoxy) is 2. The van der Waals surface area contributed by atoms with E-state index in [2.05, 4.69) is 17.9 Å². The van der Waals surface area contributed by atoms with Gasteiger partial charge in [-0.1, -0.05) is 30.3 Å². The molecule has 1 aliphatic carbocycles. The minimum absolute atomic E-state index is 0.112. The van der Waals surface area contributed by atoms with Crippen molar-refractivity contribution in [2.75, 3.05) is 13.7 Å². The largest absolute Gasteiger partial charge is 0.497 e. The van der Waals surface area contributed by atoms with E-state index in [0.29, 0.717) is 19.1 Å². The Labute approximate surface area is 161 Å². The maximum Gasteiger partial charge on any atom is 0.230 e. The van der Waals surface area contributed by atoms with Gasteiger partial charge in [0.2, 0.25) is 5.91 Å². The molecule has 0 aromatic heterocycles. The minimum atomic E-state index is -0.112. The predicted molar refractivity (Wildman–Crippen MR) is 105 cm³/mol. The molecule has 1 fully saturated rings. The monoisotopic (exact) mass is 365 g/mol. The molecule has 0 spiro atoms. The third kappa shape index (κ3) is 3.95. The van der Waals surface area contributed by atoms with E-state index < -0.39 is 0 Å². The van der Waals surface area contributed by atoms with Gasteiger partial charge in [0, 0.05) is 12.6 Å². The molecule has 0 radical (unpaired) electrons. The summed E-state index contributed by atoms with van der Waals surface area (Å²) in [4.78, 5) is 15.5. The molecular formula is C23H27NO3. The number of carbonyl (C=O) groups is 1. The minimum Gasteiger partial charge on any atom is -0.497 e. The second-order valence-electron chi connectivity index (χ2n) is 7.71. The van der Waals surface area contributed by atoms with Crippen molar-refractivity contribution in [3.63, 3.8) is 0 Å². The van der Waals surface area contributed by atoms with E-state index in [0.717, 1.165) is 29.0 Å². The molecule has 2 unspecified atom stereocenters. The molecule has 1 heterocycles. The van der Waals surface area contributed by atoms with Gasteiger partial charge in [-0.3, -0.25) is 4.79 Å². The molecule has 4 nitrogen and oxygen atoms in total. The molecule has 2 aliphatic rings. The van der Waals surface area contributed by atoms with Crippen LogP contribution in [0.25, 0.3) is 0 Å². The van der Waals surface area contributed by atoms with Gasteiger partial charge >= 0.3 is 0 Å². The maximum atomic E-state index is 13.4. The number of carbonyl (C=O) groups excluding carboxylic acids is 1. The summed E-state index contributed by atoms with van der Waals surface area (Å²) in [6, 6.07) is 16.3. The highest BCUT2D eigenvalue weighted by Gasteiger charge is 2.37. The van der Waals surface area contributed by atoms with Crippen LogP contribution in [-0.4, -0.2) is 30.6 Å². The molecule has 4 heteroatoms. The summed E-state index contributed by atoms with van der Waals surface area (Å²) in [5.74, 6) is 2.48. The predicted octanol–water partition coefficient (Wildman–Crippen LogP) is 4.07. The number of nitrogens with zero attached hydrogens (tertiary/aromatic N) is 1. The average Bonchev–Trinajstić information content (AvgIpc) is 3.56. The zero-order valence-corrected chi connectivity index (χ0v) is 16.1. The van der Waals surface area contributed by atoms with Crippen molar-refractivity contribution in [3.8, 4) is 11.5 Å². The summed E-state index contributed by atoms with van der Waals surface area (Å²) in [5, 5.41) is 0. The molecule has 0 bridgehead atoms. The lowest BCUT2D eigenvalue weighted by atomic mass is 9.94. The average molecular weight is 365 g/mol. The van der Waals surface area contributed by atoms with Crippen LogP contribution in [0.4, 0.5) is 0 Å². The van der Waals surface area contributed by atoms with E-state index >= 15 is 0 Å². The summed E-state index contributed by atoms with van der Waals surface area (Å²) < 4.78 is 11.1. The number of methoxy groups -OCH3 is 1. The van der Waals surface area contributed by atoms with Crippen LogP contribution in [0.1, 0.15) is 30.9 Å². The molecule has 0 saturated heterocycles. The molecule has 2 atom stereocenters. The highest BCUT2D eigenvalue weighted by Crippen LogP contribution is 2.37. The molecule has 0 N–H and O–H groups in total. The molecule has 27 heavy (non-hydrogen) atoms. The van der Waals surface area contributed by atoms with Gasteiger partial charge in [0.15, 0.2) is 0 Å². The molecule has 1 saturated carbocycles. The SMILES string of the molecule is COc1ccc(CN(C(=O)C2COc3ccccc3C2)C(C)C2CC2)cc1. The van der Waals surface area contributed by atoms with E-state index in [1.807, 2.05) is 42.5 Å². The quantitative estimate of drug-likeness (QED) is 0.774. The van der Waals surface area contributed by atoms with Crippen molar-refractivity contribution in [3.05, 3.63) is 59.7 Å². The number of fused-ring (bicyclic) bond motifs is 1. The Balaban J connectivity index is 1.52. The van der Waals surface area contributed by atoms with Crippen LogP contribution in [0.5, 0.6) is 11.5 Å². The molecule has 142 valence electrons. The Morgan fingerprint density at radius 2 is 1.93 bits per heavy atom. The van der Waals surface area contributed by atoms with Crippen molar-refractivity contribution >= 4 is 5.91 Å². The number of hydrogen-bond donors (Lipinski definition) is 0. The fourth-order valence-corrected chi connectivity index (χ4v) is 3.90. The lowest BCUT2D eigenvalue weighted by Crippen LogP contribution is -2.45. The summed E-state index contributed by atoms with van der Waals surface area (Å²) in [6.07, 6.45) is 3.20. The van der Waals surface area contributed by atoms with Gasteiger partial charge in [-0.15, -0.1) is 0 Å². The molecule has 1 amide bonds. The molecule has 4 rings (SSSR count). The lowest BCUT2D eigenvalue weighted by Gasteiger charge is -2.34. The fraction of sp³-hybridized carbons (Fsp3) is 0.435. The Morgan fingerprint density at radius 1 is 1.19 bits per heavy atom. The van der Waals surface area contributed by atoms with Gasteiger partial charge < -0.3 is 14.4 Å². The third-order valence-electron chi connectivity index (χ3n) is 5.82. The number of para-hydroxylation sites is 1. The van der Waals surface area contributed by atoms with Crippen LogP contribution < -0.4 is 9.47 Å². The van der Waals surface area contributed by atoms with Gasteiger partial charge in [-0.2, -0.15) is 0 Å². The Bertz CT molecular complexity index is 798. The first-order chi connectivity index (χ1) is 13.2. The topological polar surface area (TPSA) is 38.8 Å². The van der Waals surface area contributed by atoms with Crippen molar-refractivity contribution in [2.24, 2.45) is 11.8 Å². The van der Waals surface area contributed by atoms with Gasteiger partial charge in [0.25, 0.3) is 0 Å². The highest BCUT2D eigenvalue weighted by atomic mass is 16.5. The summed E-state index contributed by atoms with van der Waals surface area (Å²) >= 11 is 0. The van der Waals surface area contributed by atoms with E-state index in [9.17, 15) is 4.79 Å². The smallest absolute Gasteiger partial charge is 0.230 e. The van der Waals surface area contributed by atoms with Crippen LogP contribution in [0.2, 0.25) is 0 Å². The van der Waals surface area contributed by atoms with Crippen molar-refractivity contribution in [2.45, 2.75) is 38.8 Å². The van der Waals surface area contributed by atoms with Crippen LogP contribution in [0.3, 0.4) is 0 Å². The Kier molecular flexibility index (Phi) is 5.06. The first-order valence-corrected chi connectivity index (χ1v) is 9.80. The second kappa shape index (κ2) is 7.63. The number of amides is 1. The van der Waals surface area contributed by atoms with Crippen molar-refractivity contribution < 1.29 is 14.3 Å². The van der Waals surface area contributed by atoms with Crippen LogP contribution in [0.15, 0.2) is 48.5 Å². The molecule has 2 aromatic carbocycles. The van der Waals surface area contributed by atoms with E-state index in [1.165, 1.54) is 12.8 Å². The zero-order valence-electron chi connectivity index (χ0n) is 16.1. The number of benzene rings is 2. The van der Waals surface area contributed by atoms with E-state index in [-0.39, 0.29) is 17.9 Å². The van der Waals surface area contributed by atoms with Crippen molar-refractivity contribution in [1.82, 2.24) is 4.90 Å². The molecule has 1 aliphatic heterocycles. The van der Waals surface area contributed by atoms with E-state index in [1.54, 1.807) is 7.11 Å². The maximum absolute atomic E-state index is 13.4. The fourth-order valence-electron chi connectivity index (χ4n) is 3.90. The van der Waals surface area contributed by atoms with Crippen LogP contribution in [0, 0.1) is 11.8 Å². The Morgan fingerprint density at radius 3 is 2.63 bits per heavy atom. The highest BCUT2D eigenvalue weighted by molar-refractivity contribution is 5.80. The van der Waals surface area contributed by atoms with Gasteiger partial charge in [0.1, 0.15) is 18.1 Å². The first-order valence-electron chi connectivity index (χ1n) is 9.80. The van der Waals surface area contributed by atoms with Gasteiger partial charge in [0.05, 0.1) is 13.0 Å². The Hall–Kier alpha value is -2.49. The normalized spacial score (nSPS) is 19.6. The number of hydrogen-bond acceptors (Lipinski definition) is 3. The number of rotatable bonds is 6. The summed E-state index contributed by atoms with van der Waals surface area (Å²) in [7, 11) is 1.67.